The normalized spacial score (nSPS) is 17.8. The quantitative estimate of drug-likeness (QED) is 0.615. The number of hydrogen-bond donors (Lipinski definition) is 2. The number of hydrogen-bond acceptors (Lipinski definition) is 4. The minimum atomic E-state index is -0.647. The van der Waals surface area contributed by atoms with Crippen molar-refractivity contribution in [3.8, 4) is 0 Å². The van der Waals surface area contributed by atoms with Gasteiger partial charge in [-0.15, -0.1) is 0 Å². The Kier molecular flexibility index (Phi) is 4.00. The summed E-state index contributed by atoms with van der Waals surface area (Å²) in [6.45, 7) is 4.88. The Morgan fingerprint density at radius 1 is 1.19 bits per heavy atom. The van der Waals surface area contributed by atoms with Crippen molar-refractivity contribution >= 4 is 17.8 Å². The first-order valence-electron chi connectivity index (χ1n) is 5.25. The van der Waals surface area contributed by atoms with Crippen molar-refractivity contribution in [3.63, 3.8) is 0 Å². The van der Waals surface area contributed by atoms with Gasteiger partial charge in [-0.05, 0) is 20.0 Å². The molecule has 1 atom stereocenters. The first kappa shape index (κ1) is 12.6. The van der Waals surface area contributed by atoms with E-state index in [1.165, 1.54) is 0 Å². The number of amides is 2. The van der Waals surface area contributed by atoms with E-state index in [1.807, 2.05) is 19.0 Å². The van der Waals surface area contributed by atoms with Crippen molar-refractivity contribution in [2.45, 2.75) is 19.9 Å². The Morgan fingerprint density at radius 2 is 1.69 bits per heavy atom. The third kappa shape index (κ3) is 3.30. The number of carbonyl (C=O) groups excluding carboxylic acids is 2. The maximum Gasteiger partial charge on any atom is 0.316 e. The summed E-state index contributed by atoms with van der Waals surface area (Å²) in [7, 11) is 3.92. The minimum absolute atomic E-state index is 0.0451. The minimum Gasteiger partial charge on any atom is -0.307 e. The zero-order valence-corrected chi connectivity index (χ0v) is 10.1. The maximum absolute atomic E-state index is 10.9. The molecule has 0 aromatic heterocycles. The number of nitrogens with zero attached hydrogens (tertiary/aromatic N) is 2. The van der Waals surface area contributed by atoms with Gasteiger partial charge in [-0.3, -0.25) is 20.2 Å². The van der Waals surface area contributed by atoms with Gasteiger partial charge >= 0.3 is 11.8 Å². The molecule has 1 unspecified atom stereocenters. The lowest BCUT2D eigenvalue weighted by molar-refractivity contribution is -0.135. The van der Waals surface area contributed by atoms with Crippen LogP contribution in [0, 0.1) is 5.92 Å². The van der Waals surface area contributed by atoms with E-state index in [2.05, 4.69) is 29.5 Å². The van der Waals surface area contributed by atoms with Crippen LogP contribution in [0.4, 0.5) is 0 Å². The zero-order valence-electron chi connectivity index (χ0n) is 10.1. The Labute approximate surface area is 95.1 Å². The first-order valence-corrected chi connectivity index (χ1v) is 5.25. The highest BCUT2D eigenvalue weighted by molar-refractivity contribution is 6.45. The summed E-state index contributed by atoms with van der Waals surface area (Å²) < 4.78 is 0. The van der Waals surface area contributed by atoms with Gasteiger partial charge in [-0.2, -0.15) is 0 Å². The first-order chi connectivity index (χ1) is 7.40. The van der Waals surface area contributed by atoms with Crippen molar-refractivity contribution in [1.29, 1.82) is 0 Å². The SMILES string of the molecule is CC(C)C(CN(C)C)N=C1NC(=O)C(=O)N1. The fraction of sp³-hybridized carbons (Fsp3) is 0.700. The smallest absolute Gasteiger partial charge is 0.307 e. The third-order valence-corrected chi connectivity index (χ3v) is 2.29. The number of aliphatic imine (C=N–C) groups is 1. The molecule has 1 heterocycles. The fourth-order valence-electron chi connectivity index (χ4n) is 1.37. The maximum atomic E-state index is 10.9. The Balaban J connectivity index is 2.71. The van der Waals surface area contributed by atoms with Gasteiger partial charge in [0, 0.05) is 6.54 Å². The largest absolute Gasteiger partial charge is 0.316 e. The van der Waals surface area contributed by atoms with Gasteiger partial charge in [0.2, 0.25) is 5.96 Å². The molecule has 1 saturated heterocycles. The monoisotopic (exact) mass is 226 g/mol. The van der Waals surface area contributed by atoms with E-state index in [-0.39, 0.29) is 12.0 Å². The fourth-order valence-corrected chi connectivity index (χ4v) is 1.37. The van der Waals surface area contributed by atoms with Crippen LogP contribution in [-0.4, -0.2) is 49.4 Å². The third-order valence-electron chi connectivity index (χ3n) is 2.29. The van der Waals surface area contributed by atoms with Crippen molar-refractivity contribution in [3.05, 3.63) is 0 Å². The lowest BCUT2D eigenvalue weighted by atomic mass is 10.1. The van der Waals surface area contributed by atoms with Gasteiger partial charge in [0.15, 0.2) is 0 Å². The summed E-state index contributed by atoms with van der Waals surface area (Å²) in [5, 5.41) is 4.79. The number of guanidine groups is 1. The van der Waals surface area contributed by atoms with E-state index in [9.17, 15) is 9.59 Å². The zero-order chi connectivity index (χ0) is 12.3. The molecule has 1 rings (SSSR count). The molecule has 0 aromatic carbocycles. The summed E-state index contributed by atoms with van der Waals surface area (Å²) in [4.78, 5) is 28.2. The van der Waals surface area contributed by atoms with E-state index < -0.39 is 11.8 Å². The average Bonchev–Trinajstić information content (AvgIpc) is 2.44. The highest BCUT2D eigenvalue weighted by Gasteiger charge is 2.26. The van der Waals surface area contributed by atoms with Crippen LogP contribution >= 0.6 is 0 Å². The van der Waals surface area contributed by atoms with Gasteiger partial charge in [0.25, 0.3) is 0 Å². The van der Waals surface area contributed by atoms with Crippen LogP contribution in [0.5, 0.6) is 0 Å². The molecule has 6 nitrogen and oxygen atoms in total. The molecule has 0 aliphatic carbocycles. The Morgan fingerprint density at radius 3 is 2.06 bits per heavy atom. The second-order valence-corrected chi connectivity index (χ2v) is 4.46. The van der Waals surface area contributed by atoms with Gasteiger partial charge in [0.05, 0.1) is 6.04 Å². The summed E-state index contributed by atoms with van der Waals surface area (Å²) in [5.74, 6) is -0.697. The molecule has 90 valence electrons. The molecule has 1 aliphatic heterocycles. The van der Waals surface area contributed by atoms with E-state index in [4.69, 9.17) is 0 Å². The van der Waals surface area contributed by atoms with Crippen LogP contribution in [0.3, 0.4) is 0 Å². The van der Waals surface area contributed by atoms with E-state index in [1.54, 1.807) is 0 Å². The van der Waals surface area contributed by atoms with Gasteiger partial charge in [0.1, 0.15) is 0 Å². The van der Waals surface area contributed by atoms with Crippen molar-refractivity contribution < 1.29 is 9.59 Å². The molecular weight excluding hydrogens is 208 g/mol. The van der Waals surface area contributed by atoms with Crippen molar-refractivity contribution in [2.75, 3.05) is 20.6 Å². The highest BCUT2D eigenvalue weighted by Crippen LogP contribution is 2.07. The molecule has 2 amide bonds. The number of rotatable bonds is 4. The average molecular weight is 226 g/mol. The number of likely N-dealkylation sites (N-methyl/N-ethyl adjacent to an activating group) is 1. The summed E-state index contributed by atoms with van der Waals surface area (Å²) in [6.07, 6.45) is 0. The molecule has 1 fully saturated rings. The van der Waals surface area contributed by atoms with Gasteiger partial charge in [-0.25, -0.2) is 4.99 Å². The predicted molar refractivity (Wildman–Crippen MR) is 60.9 cm³/mol. The van der Waals surface area contributed by atoms with Crippen molar-refractivity contribution in [2.24, 2.45) is 10.9 Å². The van der Waals surface area contributed by atoms with E-state index in [0.717, 1.165) is 6.54 Å². The van der Waals surface area contributed by atoms with Crippen LogP contribution in [-0.2, 0) is 9.59 Å². The van der Waals surface area contributed by atoms with Crippen LogP contribution in [0.15, 0.2) is 4.99 Å². The molecule has 0 saturated carbocycles. The van der Waals surface area contributed by atoms with E-state index >= 15 is 0 Å². The number of carbonyl (C=O) groups is 2. The number of nitrogens with one attached hydrogen (secondary N) is 2. The van der Waals surface area contributed by atoms with Crippen LogP contribution in [0.1, 0.15) is 13.8 Å². The Hall–Kier alpha value is -1.43. The Bertz CT molecular complexity index is 305. The molecule has 0 radical (unpaired) electrons. The lowest BCUT2D eigenvalue weighted by Gasteiger charge is -2.21. The van der Waals surface area contributed by atoms with Gasteiger partial charge < -0.3 is 4.90 Å². The summed E-state index contributed by atoms with van der Waals surface area (Å²) in [5.41, 5.74) is 0. The molecular formula is C10H18N4O2. The second-order valence-electron chi connectivity index (χ2n) is 4.46. The molecule has 0 spiro atoms. The predicted octanol–water partition coefficient (Wildman–Crippen LogP) is -0.825. The molecule has 6 heteroatoms. The van der Waals surface area contributed by atoms with Gasteiger partial charge in [-0.1, -0.05) is 13.8 Å². The molecule has 1 aliphatic rings. The molecule has 0 bridgehead atoms. The standard InChI is InChI=1S/C10H18N4O2/c1-6(2)7(5-14(3)4)11-10-12-8(15)9(16)13-10/h6-7H,5H2,1-4H3,(H2,11,12,13,15,16). The van der Waals surface area contributed by atoms with Crippen LogP contribution in [0.2, 0.25) is 0 Å². The van der Waals surface area contributed by atoms with Crippen molar-refractivity contribution in [1.82, 2.24) is 15.5 Å². The summed E-state index contributed by atoms with van der Waals surface area (Å²) >= 11 is 0. The lowest BCUT2D eigenvalue weighted by Crippen LogP contribution is -2.34. The van der Waals surface area contributed by atoms with Crippen LogP contribution < -0.4 is 10.6 Å². The van der Waals surface area contributed by atoms with E-state index in [0.29, 0.717) is 5.92 Å². The molecule has 2 N–H and O–H groups in total. The highest BCUT2D eigenvalue weighted by atomic mass is 16.2. The molecule has 16 heavy (non-hydrogen) atoms. The molecule has 0 aromatic rings. The summed E-state index contributed by atoms with van der Waals surface area (Å²) in [6, 6.07) is 0.0451. The second kappa shape index (κ2) is 5.07. The topological polar surface area (TPSA) is 73.8 Å². The van der Waals surface area contributed by atoms with Crippen LogP contribution in [0.25, 0.3) is 0 Å².